The lowest BCUT2D eigenvalue weighted by molar-refractivity contribution is -0.103. The summed E-state index contributed by atoms with van der Waals surface area (Å²) in [6, 6.07) is 11.9. The number of dihydropyridines is 1. The Morgan fingerprint density at radius 1 is 1.24 bits per heavy atom. The first-order chi connectivity index (χ1) is 16.3. The molecule has 0 radical (unpaired) electrons. The van der Waals surface area contributed by atoms with Crippen LogP contribution in [0.5, 0.6) is 0 Å². The molecular formula is C24H22ClF2N5O2. The van der Waals surface area contributed by atoms with Gasteiger partial charge < -0.3 is 10.5 Å². The van der Waals surface area contributed by atoms with Gasteiger partial charge in [-0.25, -0.2) is 13.8 Å². The van der Waals surface area contributed by atoms with Crippen molar-refractivity contribution in [2.75, 3.05) is 31.4 Å². The SMILES string of the molecule is CN=Cc1cc(N(C)N=C2C=CC(OCC(F)F)=N/C2=C(/C=O)c2ccc(Cl)cc2)ccc1N. The maximum absolute atomic E-state index is 12.6. The van der Waals surface area contributed by atoms with Crippen LogP contribution in [0.15, 0.2) is 75.4 Å². The van der Waals surface area contributed by atoms with E-state index in [-0.39, 0.29) is 17.2 Å². The van der Waals surface area contributed by atoms with Gasteiger partial charge in [0.2, 0.25) is 5.90 Å². The van der Waals surface area contributed by atoms with Crippen LogP contribution >= 0.6 is 11.6 Å². The molecule has 0 bridgehead atoms. The van der Waals surface area contributed by atoms with Crippen LogP contribution in [0.4, 0.5) is 20.2 Å². The molecule has 1 heterocycles. The highest BCUT2D eigenvalue weighted by Crippen LogP contribution is 2.26. The quantitative estimate of drug-likeness (QED) is 0.203. The van der Waals surface area contributed by atoms with E-state index in [1.807, 2.05) is 6.07 Å². The van der Waals surface area contributed by atoms with Gasteiger partial charge in [0.1, 0.15) is 11.4 Å². The molecule has 7 nitrogen and oxygen atoms in total. The van der Waals surface area contributed by atoms with Gasteiger partial charge in [0, 0.05) is 48.2 Å². The number of nitrogen functional groups attached to an aromatic ring is 1. The van der Waals surface area contributed by atoms with Crippen molar-refractivity contribution in [1.29, 1.82) is 0 Å². The Bertz CT molecular complexity index is 1200. The Labute approximate surface area is 200 Å². The third-order valence-electron chi connectivity index (χ3n) is 4.70. The second kappa shape index (κ2) is 11.3. The number of hydrogen-bond donors (Lipinski definition) is 1. The van der Waals surface area contributed by atoms with Gasteiger partial charge in [0.15, 0.2) is 12.9 Å². The second-order valence-electron chi connectivity index (χ2n) is 7.08. The largest absolute Gasteiger partial charge is 0.472 e. The van der Waals surface area contributed by atoms with Crippen molar-refractivity contribution in [3.63, 3.8) is 0 Å². The first-order valence-electron chi connectivity index (χ1n) is 10.1. The smallest absolute Gasteiger partial charge is 0.272 e. The number of hydrogen-bond acceptors (Lipinski definition) is 7. The van der Waals surface area contributed by atoms with Gasteiger partial charge >= 0.3 is 0 Å². The lowest BCUT2D eigenvalue weighted by atomic mass is 10.0. The summed E-state index contributed by atoms with van der Waals surface area (Å²) in [4.78, 5) is 20.4. The zero-order valence-corrected chi connectivity index (χ0v) is 19.2. The number of carbonyl (C=O) groups is 1. The van der Waals surface area contributed by atoms with Crippen LogP contribution in [-0.2, 0) is 9.53 Å². The third kappa shape index (κ3) is 6.14. The van der Waals surface area contributed by atoms with E-state index in [4.69, 9.17) is 22.1 Å². The van der Waals surface area contributed by atoms with Crippen LogP contribution < -0.4 is 10.7 Å². The highest BCUT2D eigenvalue weighted by atomic mass is 35.5. The molecule has 0 spiro atoms. The monoisotopic (exact) mass is 485 g/mol. The molecule has 2 aromatic carbocycles. The minimum absolute atomic E-state index is 0.0563. The molecule has 10 heteroatoms. The Morgan fingerprint density at radius 3 is 2.62 bits per heavy atom. The summed E-state index contributed by atoms with van der Waals surface area (Å²) in [6.45, 7) is -0.826. The standard InChI is InChI=1S/C24H22ClF2N5O2/c1-29-12-16-11-18(7-8-20(16)28)32(2)31-21-9-10-23(34-14-22(26)27)30-24(21)19(13-33)15-3-5-17(25)6-4-15/h3-13,22H,14,28H2,1-2H3/b24-19-,29-12?,31-21?. The molecule has 0 atom stereocenters. The van der Waals surface area contributed by atoms with E-state index < -0.39 is 13.0 Å². The summed E-state index contributed by atoms with van der Waals surface area (Å²) in [5.41, 5.74) is 9.19. The number of alkyl halides is 2. The lowest BCUT2D eigenvalue weighted by Crippen LogP contribution is -2.19. The summed E-state index contributed by atoms with van der Waals surface area (Å²) < 4.78 is 30.3. The topological polar surface area (TPSA) is 92.6 Å². The van der Waals surface area contributed by atoms with Crippen LogP contribution in [-0.4, -0.2) is 51.2 Å². The number of aldehydes is 1. The van der Waals surface area contributed by atoms with Crippen molar-refractivity contribution >= 4 is 52.7 Å². The molecule has 0 aliphatic carbocycles. The second-order valence-corrected chi connectivity index (χ2v) is 7.52. The summed E-state index contributed by atoms with van der Waals surface area (Å²) in [5.74, 6) is -0.0563. The van der Waals surface area contributed by atoms with Gasteiger partial charge in [-0.2, -0.15) is 5.10 Å². The van der Waals surface area contributed by atoms with E-state index in [1.54, 1.807) is 67.8 Å². The number of halogens is 3. The predicted octanol–water partition coefficient (Wildman–Crippen LogP) is 4.62. The molecule has 0 aromatic heterocycles. The van der Waals surface area contributed by atoms with Crippen LogP contribution in [0.2, 0.25) is 5.02 Å². The number of hydrazone groups is 1. The fourth-order valence-electron chi connectivity index (χ4n) is 3.07. The number of aliphatic imine (C=N–C) groups is 2. The normalized spacial score (nSPS) is 16.2. The van der Waals surface area contributed by atoms with Gasteiger partial charge in [0.25, 0.3) is 6.43 Å². The average molecular weight is 486 g/mol. The Morgan fingerprint density at radius 2 is 1.97 bits per heavy atom. The molecule has 3 rings (SSSR count). The van der Waals surface area contributed by atoms with E-state index in [1.165, 1.54) is 6.08 Å². The molecule has 176 valence electrons. The summed E-state index contributed by atoms with van der Waals surface area (Å²) in [5, 5.41) is 6.66. The van der Waals surface area contributed by atoms with Crippen molar-refractivity contribution in [2.24, 2.45) is 15.1 Å². The van der Waals surface area contributed by atoms with E-state index in [0.29, 0.717) is 34.0 Å². The fourth-order valence-corrected chi connectivity index (χ4v) is 3.19. The molecule has 1 aliphatic heterocycles. The zero-order valence-electron chi connectivity index (χ0n) is 18.5. The maximum atomic E-state index is 12.6. The number of rotatable bonds is 7. The summed E-state index contributed by atoms with van der Waals surface area (Å²) >= 11 is 5.97. The minimum atomic E-state index is -2.67. The highest BCUT2D eigenvalue weighted by Gasteiger charge is 2.20. The van der Waals surface area contributed by atoms with E-state index in [9.17, 15) is 13.6 Å². The molecule has 2 aromatic rings. The van der Waals surface area contributed by atoms with Gasteiger partial charge in [-0.05, 0) is 42.0 Å². The predicted molar refractivity (Wildman–Crippen MR) is 133 cm³/mol. The van der Waals surface area contributed by atoms with Crippen LogP contribution in [0, 0.1) is 0 Å². The van der Waals surface area contributed by atoms with Crippen molar-refractivity contribution in [3.05, 3.63) is 76.5 Å². The van der Waals surface area contributed by atoms with E-state index >= 15 is 0 Å². The van der Waals surface area contributed by atoms with E-state index in [2.05, 4.69) is 15.1 Å². The molecule has 2 N–H and O–H groups in total. The Balaban J connectivity index is 2.08. The number of carbonyl (C=O) groups excluding carboxylic acids is 1. The number of anilines is 2. The van der Waals surface area contributed by atoms with Gasteiger partial charge in [-0.15, -0.1) is 0 Å². The lowest BCUT2D eigenvalue weighted by Gasteiger charge is -2.19. The van der Waals surface area contributed by atoms with Gasteiger partial charge in [-0.3, -0.25) is 14.8 Å². The highest BCUT2D eigenvalue weighted by molar-refractivity contribution is 6.31. The molecule has 0 unspecified atom stereocenters. The molecule has 34 heavy (non-hydrogen) atoms. The Hall–Kier alpha value is -3.85. The van der Waals surface area contributed by atoms with Crippen LogP contribution in [0.3, 0.4) is 0 Å². The molecule has 1 aliphatic rings. The number of benzene rings is 2. The molecular weight excluding hydrogens is 464 g/mol. The zero-order chi connectivity index (χ0) is 24.7. The summed E-state index contributed by atoms with van der Waals surface area (Å²) in [6.07, 6.45) is 2.55. The van der Waals surface area contributed by atoms with Crippen molar-refractivity contribution in [3.8, 4) is 0 Å². The molecule has 0 saturated heterocycles. The number of ether oxygens (including phenoxy) is 1. The Kier molecular flexibility index (Phi) is 8.26. The van der Waals surface area contributed by atoms with Crippen LogP contribution in [0.1, 0.15) is 11.1 Å². The number of nitrogens with zero attached hydrogens (tertiary/aromatic N) is 4. The minimum Gasteiger partial charge on any atom is -0.472 e. The van der Waals surface area contributed by atoms with Gasteiger partial charge in [-0.1, -0.05) is 23.7 Å². The van der Waals surface area contributed by atoms with Crippen molar-refractivity contribution in [2.45, 2.75) is 6.43 Å². The number of nitrogens with two attached hydrogens (primary N) is 1. The third-order valence-corrected chi connectivity index (χ3v) is 4.96. The maximum Gasteiger partial charge on any atom is 0.272 e. The molecule has 0 saturated carbocycles. The van der Waals surface area contributed by atoms with Crippen LogP contribution in [0.25, 0.3) is 5.57 Å². The van der Waals surface area contributed by atoms with Crippen molar-refractivity contribution < 1.29 is 18.3 Å². The molecule has 0 amide bonds. The summed E-state index contributed by atoms with van der Waals surface area (Å²) in [7, 11) is 3.36. The van der Waals surface area contributed by atoms with Crippen molar-refractivity contribution in [1.82, 2.24) is 0 Å². The van der Waals surface area contributed by atoms with E-state index in [0.717, 1.165) is 5.56 Å². The fraction of sp³-hybridized carbons (Fsp3) is 0.167. The average Bonchev–Trinajstić information content (AvgIpc) is 2.82. The first kappa shape index (κ1) is 24.8. The molecule has 0 fully saturated rings. The first-order valence-corrected chi connectivity index (χ1v) is 10.5. The van der Waals surface area contributed by atoms with Gasteiger partial charge in [0.05, 0.1) is 5.69 Å². The number of allylic oxidation sites excluding steroid dienone is 2.